The van der Waals surface area contributed by atoms with Gasteiger partial charge in [0, 0.05) is 24.7 Å². The lowest BCUT2D eigenvalue weighted by molar-refractivity contribution is 0.600. The number of anilines is 2. The second kappa shape index (κ2) is 6.71. The molecule has 6 nitrogen and oxygen atoms in total. The summed E-state index contributed by atoms with van der Waals surface area (Å²) < 4.78 is 22.3. The third-order valence-electron chi connectivity index (χ3n) is 2.92. The van der Waals surface area contributed by atoms with Crippen molar-refractivity contribution in [1.29, 1.82) is 0 Å². The first-order valence-electron chi connectivity index (χ1n) is 6.92. The van der Waals surface area contributed by atoms with E-state index >= 15 is 0 Å². The molecule has 1 aromatic heterocycles. The van der Waals surface area contributed by atoms with Gasteiger partial charge in [-0.3, -0.25) is 0 Å². The molecule has 0 bridgehead atoms. The molecule has 21 heavy (non-hydrogen) atoms. The average molecular weight is 308 g/mol. The number of rotatable bonds is 7. The fraction of sp³-hybridized carbons (Fsp3) is 0.429. The first-order chi connectivity index (χ1) is 9.99. The lowest BCUT2D eigenvalue weighted by Gasteiger charge is -2.11. The van der Waals surface area contributed by atoms with Crippen LogP contribution in [-0.2, 0) is 9.84 Å². The molecule has 0 unspecified atom stereocenters. The van der Waals surface area contributed by atoms with Crippen LogP contribution < -0.4 is 10.6 Å². The van der Waals surface area contributed by atoms with Gasteiger partial charge in [0.1, 0.15) is 15.7 Å². The highest BCUT2D eigenvalue weighted by atomic mass is 32.2. The van der Waals surface area contributed by atoms with Crippen molar-refractivity contribution < 1.29 is 8.42 Å². The Morgan fingerprint density at radius 3 is 2.62 bits per heavy atom. The van der Waals surface area contributed by atoms with Gasteiger partial charge < -0.3 is 10.6 Å². The topological polar surface area (TPSA) is 84.0 Å². The van der Waals surface area contributed by atoms with Gasteiger partial charge in [-0.1, -0.05) is 12.1 Å². The summed E-state index contributed by atoms with van der Waals surface area (Å²) in [6.07, 6.45) is 1.80. The van der Waals surface area contributed by atoms with E-state index in [-0.39, 0.29) is 5.75 Å². The van der Waals surface area contributed by atoms with Crippen LogP contribution >= 0.6 is 0 Å². The van der Waals surface area contributed by atoms with Crippen molar-refractivity contribution in [2.75, 3.05) is 35.7 Å². The molecule has 0 aliphatic carbocycles. The maximum atomic E-state index is 11.1. The first-order valence-corrected chi connectivity index (χ1v) is 8.98. The second-order valence-corrected chi connectivity index (χ2v) is 7.11. The number of sulfone groups is 1. The zero-order valence-corrected chi connectivity index (χ0v) is 13.1. The van der Waals surface area contributed by atoms with Crippen LogP contribution in [0.15, 0.2) is 24.3 Å². The van der Waals surface area contributed by atoms with Gasteiger partial charge in [0.2, 0.25) is 5.95 Å². The SMILES string of the molecule is CCNc1nc(NCCCS(C)(=O)=O)c2ccccc2n1. The van der Waals surface area contributed by atoms with Gasteiger partial charge in [-0.15, -0.1) is 0 Å². The van der Waals surface area contributed by atoms with Crippen LogP contribution in [0.4, 0.5) is 11.8 Å². The van der Waals surface area contributed by atoms with E-state index in [1.54, 1.807) is 0 Å². The van der Waals surface area contributed by atoms with Gasteiger partial charge in [0.05, 0.1) is 11.3 Å². The standard InChI is InChI=1S/C14H20N4O2S/c1-3-15-14-17-12-8-5-4-7-11(12)13(18-14)16-9-6-10-21(2,19)20/h4-5,7-8H,3,6,9-10H2,1-2H3,(H2,15,16,17,18). The molecule has 0 saturated carbocycles. The van der Waals surface area contributed by atoms with Gasteiger partial charge in [-0.25, -0.2) is 13.4 Å². The van der Waals surface area contributed by atoms with Crippen molar-refractivity contribution in [3.8, 4) is 0 Å². The quantitative estimate of drug-likeness (QED) is 0.760. The predicted octanol–water partition coefficient (Wildman–Crippen LogP) is 1.91. The molecule has 114 valence electrons. The minimum Gasteiger partial charge on any atom is -0.369 e. The molecule has 2 rings (SSSR count). The van der Waals surface area contributed by atoms with E-state index in [0.717, 1.165) is 23.3 Å². The number of benzene rings is 1. The Morgan fingerprint density at radius 2 is 1.90 bits per heavy atom. The molecule has 0 atom stereocenters. The molecule has 0 saturated heterocycles. The number of fused-ring (bicyclic) bond motifs is 1. The van der Waals surface area contributed by atoms with Gasteiger partial charge >= 0.3 is 0 Å². The van der Waals surface area contributed by atoms with Crippen molar-refractivity contribution in [2.45, 2.75) is 13.3 Å². The Kier molecular flexibility index (Phi) is 4.95. The van der Waals surface area contributed by atoms with Crippen LogP contribution in [0.25, 0.3) is 10.9 Å². The van der Waals surface area contributed by atoms with E-state index in [2.05, 4.69) is 20.6 Å². The molecule has 2 N–H and O–H groups in total. The normalized spacial score (nSPS) is 11.5. The van der Waals surface area contributed by atoms with E-state index in [0.29, 0.717) is 18.9 Å². The first kappa shape index (κ1) is 15.5. The van der Waals surface area contributed by atoms with E-state index in [4.69, 9.17) is 0 Å². The second-order valence-electron chi connectivity index (χ2n) is 4.85. The summed E-state index contributed by atoms with van der Waals surface area (Å²) in [5.41, 5.74) is 0.856. The zero-order chi connectivity index (χ0) is 15.3. The Hall–Kier alpha value is -1.89. The van der Waals surface area contributed by atoms with Gasteiger partial charge in [-0.05, 0) is 25.5 Å². The lowest BCUT2D eigenvalue weighted by atomic mass is 10.2. The molecule has 0 aliphatic heterocycles. The highest BCUT2D eigenvalue weighted by molar-refractivity contribution is 7.90. The Labute approximate surface area is 124 Å². The van der Waals surface area contributed by atoms with Crippen LogP contribution in [0, 0.1) is 0 Å². The summed E-state index contributed by atoms with van der Waals surface area (Å²) in [5, 5.41) is 7.23. The molecular formula is C14H20N4O2S. The van der Waals surface area contributed by atoms with Crippen LogP contribution in [0.2, 0.25) is 0 Å². The molecule has 0 amide bonds. The highest BCUT2D eigenvalue weighted by Crippen LogP contribution is 2.21. The van der Waals surface area contributed by atoms with Crippen molar-refractivity contribution in [2.24, 2.45) is 0 Å². The minimum absolute atomic E-state index is 0.170. The molecule has 1 aromatic carbocycles. The lowest BCUT2D eigenvalue weighted by Crippen LogP contribution is -2.12. The third kappa shape index (κ3) is 4.56. The van der Waals surface area contributed by atoms with E-state index < -0.39 is 9.84 Å². The fourth-order valence-electron chi connectivity index (χ4n) is 1.99. The Bertz CT molecular complexity index is 716. The number of hydrogen-bond acceptors (Lipinski definition) is 6. The summed E-state index contributed by atoms with van der Waals surface area (Å²) >= 11 is 0. The van der Waals surface area contributed by atoms with Gasteiger partial charge in [-0.2, -0.15) is 4.98 Å². The van der Waals surface area contributed by atoms with E-state index in [9.17, 15) is 8.42 Å². The van der Waals surface area contributed by atoms with Gasteiger partial charge in [0.25, 0.3) is 0 Å². The monoisotopic (exact) mass is 308 g/mol. The molecule has 0 spiro atoms. The Balaban J connectivity index is 2.17. The molecule has 0 fully saturated rings. The molecule has 1 heterocycles. The van der Waals surface area contributed by atoms with Crippen molar-refractivity contribution in [3.05, 3.63) is 24.3 Å². The molecular weight excluding hydrogens is 288 g/mol. The molecule has 0 aliphatic rings. The summed E-state index contributed by atoms with van der Waals surface area (Å²) in [5.74, 6) is 1.47. The predicted molar refractivity (Wildman–Crippen MR) is 86.5 cm³/mol. The van der Waals surface area contributed by atoms with Crippen molar-refractivity contribution in [3.63, 3.8) is 0 Å². The maximum Gasteiger partial charge on any atom is 0.225 e. The number of hydrogen-bond donors (Lipinski definition) is 2. The zero-order valence-electron chi connectivity index (χ0n) is 12.3. The summed E-state index contributed by atoms with van der Waals surface area (Å²) in [7, 11) is -2.92. The number of nitrogens with one attached hydrogen (secondary N) is 2. The average Bonchev–Trinajstić information content (AvgIpc) is 2.43. The minimum atomic E-state index is -2.92. The van der Waals surface area contributed by atoms with Crippen molar-refractivity contribution >= 4 is 32.5 Å². The molecule has 7 heteroatoms. The van der Waals surface area contributed by atoms with E-state index in [1.165, 1.54) is 6.26 Å². The van der Waals surface area contributed by atoms with Gasteiger partial charge in [0.15, 0.2) is 0 Å². The fourth-order valence-corrected chi connectivity index (χ4v) is 2.66. The van der Waals surface area contributed by atoms with Crippen LogP contribution in [0.1, 0.15) is 13.3 Å². The van der Waals surface area contributed by atoms with E-state index in [1.807, 2.05) is 31.2 Å². The summed E-state index contributed by atoms with van der Waals surface area (Å²) in [4.78, 5) is 8.88. The van der Waals surface area contributed by atoms with Crippen LogP contribution in [0.3, 0.4) is 0 Å². The molecule has 2 aromatic rings. The smallest absolute Gasteiger partial charge is 0.225 e. The van der Waals surface area contributed by atoms with Crippen LogP contribution in [0.5, 0.6) is 0 Å². The maximum absolute atomic E-state index is 11.1. The summed E-state index contributed by atoms with van der Waals surface area (Å²) in [6.45, 7) is 3.28. The van der Waals surface area contributed by atoms with Crippen LogP contribution in [-0.4, -0.2) is 43.5 Å². The number of aromatic nitrogens is 2. The molecule has 0 radical (unpaired) electrons. The number of para-hydroxylation sites is 1. The summed E-state index contributed by atoms with van der Waals surface area (Å²) in [6, 6.07) is 7.74. The number of nitrogens with zero attached hydrogens (tertiary/aromatic N) is 2. The van der Waals surface area contributed by atoms with Crippen molar-refractivity contribution in [1.82, 2.24) is 9.97 Å². The highest BCUT2D eigenvalue weighted by Gasteiger charge is 2.07. The largest absolute Gasteiger partial charge is 0.369 e. The Morgan fingerprint density at radius 1 is 1.14 bits per heavy atom. The third-order valence-corrected chi connectivity index (χ3v) is 3.95.